The number of para-hydroxylation sites is 2. The maximum atomic E-state index is 6.43. The van der Waals surface area contributed by atoms with Crippen molar-refractivity contribution in [2.75, 3.05) is 4.90 Å². The molecule has 1 aromatic heterocycles. The normalized spacial score (nSPS) is 12.9. The predicted molar refractivity (Wildman–Crippen MR) is 240 cm³/mol. The van der Waals surface area contributed by atoms with E-state index < -0.39 is 0 Å². The number of anilines is 3. The molecule has 11 rings (SSSR count). The molecule has 270 valence electrons. The van der Waals surface area contributed by atoms with Crippen LogP contribution in [-0.4, -0.2) is 0 Å². The van der Waals surface area contributed by atoms with E-state index in [4.69, 9.17) is 4.42 Å². The summed E-state index contributed by atoms with van der Waals surface area (Å²) in [5, 5.41) is 4.76. The molecule has 0 aliphatic heterocycles. The van der Waals surface area contributed by atoms with E-state index in [0.29, 0.717) is 0 Å². The Morgan fingerprint density at radius 2 is 0.965 bits per heavy atom. The van der Waals surface area contributed by atoms with Gasteiger partial charge in [0.25, 0.3) is 0 Å². The SMILES string of the molecule is CC1(C)c2ccccc2-c2ccc(-c3ccc(N(c4ccc(-c5cccc6c5oc5ccccc56)cc4)c4cccc(-c5ccc6ccccc6c5)c4)cc3)cc21. The molecule has 2 heteroatoms. The first-order chi connectivity index (χ1) is 28.0. The van der Waals surface area contributed by atoms with Gasteiger partial charge in [-0.15, -0.1) is 0 Å². The summed E-state index contributed by atoms with van der Waals surface area (Å²) in [5.41, 5.74) is 17.5. The average molecular weight is 730 g/mol. The highest BCUT2D eigenvalue weighted by Crippen LogP contribution is 2.50. The van der Waals surface area contributed by atoms with Crippen molar-refractivity contribution in [2.24, 2.45) is 0 Å². The van der Waals surface area contributed by atoms with Crippen molar-refractivity contribution in [2.45, 2.75) is 19.3 Å². The molecule has 1 aliphatic rings. The lowest BCUT2D eigenvalue weighted by Crippen LogP contribution is -2.14. The zero-order chi connectivity index (χ0) is 38.1. The number of hydrogen-bond donors (Lipinski definition) is 0. The third kappa shape index (κ3) is 5.48. The minimum Gasteiger partial charge on any atom is -0.455 e. The fourth-order valence-electron chi connectivity index (χ4n) is 9.09. The second kappa shape index (κ2) is 13.0. The van der Waals surface area contributed by atoms with E-state index in [0.717, 1.165) is 50.1 Å². The van der Waals surface area contributed by atoms with Crippen molar-refractivity contribution in [3.8, 4) is 44.5 Å². The molecular weight excluding hydrogens is 691 g/mol. The molecule has 0 spiro atoms. The summed E-state index contributed by atoms with van der Waals surface area (Å²) in [6.07, 6.45) is 0. The lowest BCUT2D eigenvalue weighted by Gasteiger charge is -2.26. The number of fused-ring (bicyclic) bond motifs is 7. The topological polar surface area (TPSA) is 16.4 Å². The Hall–Kier alpha value is -7.16. The van der Waals surface area contributed by atoms with Crippen molar-refractivity contribution >= 4 is 49.8 Å². The summed E-state index contributed by atoms with van der Waals surface area (Å²) in [4.78, 5) is 2.36. The van der Waals surface area contributed by atoms with Gasteiger partial charge < -0.3 is 9.32 Å². The maximum absolute atomic E-state index is 6.43. The fourth-order valence-corrected chi connectivity index (χ4v) is 9.09. The van der Waals surface area contributed by atoms with Gasteiger partial charge in [-0.1, -0.05) is 159 Å². The molecule has 2 nitrogen and oxygen atoms in total. The van der Waals surface area contributed by atoms with E-state index in [1.54, 1.807) is 0 Å². The second-order valence-corrected chi connectivity index (χ2v) is 15.8. The van der Waals surface area contributed by atoms with Crippen molar-refractivity contribution in [1.29, 1.82) is 0 Å². The Kier molecular flexibility index (Phi) is 7.55. The van der Waals surface area contributed by atoms with Gasteiger partial charge in [-0.3, -0.25) is 0 Å². The van der Waals surface area contributed by atoms with Crippen LogP contribution in [0.25, 0.3) is 77.2 Å². The molecule has 1 aliphatic carbocycles. The highest BCUT2D eigenvalue weighted by molar-refractivity contribution is 6.09. The molecule has 0 bridgehead atoms. The van der Waals surface area contributed by atoms with Gasteiger partial charge in [-0.25, -0.2) is 0 Å². The first-order valence-electron chi connectivity index (χ1n) is 19.7. The molecule has 0 saturated heterocycles. The van der Waals surface area contributed by atoms with Gasteiger partial charge in [-0.2, -0.15) is 0 Å². The average Bonchev–Trinajstić information content (AvgIpc) is 3.76. The molecule has 0 amide bonds. The summed E-state index contributed by atoms with van der Waals surface area (Å²) in [6, 6.07) is 72.7. The van der Waals surface area contributed by atoms with Crippen molar-refractivity contribution in [3.63, 3.8) is 0 Å². The van der Waals surface area contributed by atoms with Crippen LogP contribution in [0.3, 0.4) is 0 Å². The smallest absolute Gasteiger partial charge is 0.143 e. The van der Waals surface area contributed by atoms with Crippen LogP contribution >= 0.6 is 0 Å². The third-order valence-electron chi connectivity index (χ3n) is 12.1. The molecular formula is C55H39NO. The molecule has 0 atom stereocenters. The molecule has 0 radical (unpaired) electrons. The van der Waals surface area contributed by atoms with E-state index in [1.807, 2.05) is 12.1 Å². The number of furan rings is 1. The molecule has 9 aromatic carbocycles. The van der Waals surface area contributed by atoms with Gasteiger partial charge >= 0.3 is 0 Å². The Morgan fingerprint density at radius 3 is 1.81 bits per heavy atom. The number of nitrogens with zero attached hydrogens (tertiary/aromatic N) is 1. The first-order valence-corrected chi connectivity index (χ1v) is 19.7. The highest BCUT2D eigenvalue weighted by atomic mass is 16.3. The minimum atomic E-state index is -0.0448. The number of rotatable bonds is 6. The third-order valence-corrected chi connectivity index (χ3v) is 12.1. The van der Waals surface area contributed by atoms with Crippen LogP contribution in [0.1, 0.15) is 25.0 Å². The Labute approximate surface area is 332 Å². The van der Waals surface area contributed by atoms with Crippen molar-refractivity contribution < 1.29 is 4.42 Å². The monoisotopic (exact) mass is 729 g/mol. The van der Waals surface area contributed by atoms with Gasteiger partial charge in [0.1, 0.15) is 11.2 Å². The molecule has 0 unspecified atom stereocenters. The van der Waals surface area contributed by atoms with E-state index in [2.05, 4.69) is 207 Å². The second-order valence-electron chi connectivity index (χ2n) is 15.8. The molecule has 0 N–H and O–H groups in total. The lowest BCUT2D eigenvalue weighted by atomic mass is 9.81. The van der Waals surface area contributed by atoms with Crippen LogP contribution in [0.4, 0.5) is 17.1 Å². The van der Waals surface area contributed by atoms with Crippen molar-refractivity contribution in [3.05, 3.63) is 211 Å². The number of hydrogen-bond acceptors (Lipinski definition) is 2. The quantitative estimate of drug-likeness (QED) is 0.169. The number of benzene rings is 9. The van der Waals surface area contributed by atoms with Gasteiger partial charge in [0.05, 0.1) is 0 Å². The summed E-state index contributed by atoms with van der Waals surface area (Å²) in [6.45, 7) is 4.69. The minimum absolute atomic E-state index is 0.0448. The van der Waals surface area contributed by atoms with E-state index in [1.165, 1.54) is 55.3 Å². The van der Waals surface area contributed by atoms with Gasteiger partial charge in [0.15, 0.2) is 0 Å². The Bertz CT molecular complexity index is 3150. The van der Waals surface area contributed by atoms with E-state index in [-0.39, 0.29) is 5.41 Å². The molecule has 0 fully saturated rings. The molecule has 57 heavy (non-hydrogen) atoms. The van der Waals surface area contributed by atoms with Gasteiger partial charge in [0, 0.05) is 38.8 Å². The van der Waals surface area contributed by atoms with Crippen LogP contribution < -0.4 is 4.90 Å². The van der Waals surface area contributed by atoms with Crippen LogP contribution in [0.15, 0.2) is 205 Å². The lowest BCUT2D eigenvalue weighted by molar-refractivity contribution is 0.660. The zero-order valence-electron chi connectivity index (χ0n) is 31.9. The van der Waals surface area contributed by atoms with E-state index in [9.17, 15) is 0 Å². The summed E-state index contributed by atoms with van der Waals surface area (Å²) >= 11 is 0. The largest absolute Gasteiger partial charge is 0.455 e. The van der Waals surface area contributed by atoms with Crippen LogP contribution in [-0.2, 0) is 5.41 Å². The first kappa shape index (κ1) is 33.2. The standard InChI is InChI=1S/C55H39NO/c1-55(2)51-19-7-5-15-47(51)48-32-27-42(35-52(48)55)37-23-28-43(29-24-37)56(45-14-9-13-40(34-45)41-22-21-36-11-3-4-12-39(36)33-41)44-30-25-38(26-31-44)46-17-10-18-50-49-16-6-8-20-53(49)57-54(46)50/h3-35H,1-2H3. The summed E-state index contributed by atoms with van der Waals surface area (Å²) < 4.78 is 6.43. The van der Waals surface area contributed by atoms with Gasteiger partial charge in [-0.05, 0) is 115 Å². The van der Waals surface area contributed by atoms with Gasteiger partial charge in [0.2, 0.25) is 0 Å². The summed E-state index contributed by atoms with van der Waals surface area (Å²) in [5.74, 6) is 0. The maximum Gasteiger partial charge on any atom is 0.143 e. The predicted octanol–water partition coefficient (Wildman–Crippen LogP) is 15.5. The van der Waals surface area contributed by atoms with Crippen LogP contribution in [0.5, 0.6) is 0 Å². The molecule has 1 heterocycles. The Morgan fingerprint density at radius 1 is 0.368 bits per heavy atom. The van der Waals surface area contributed by atoms with E-state index >= 15 is 0 Å². The van der Waals surface area contributed by atoms with Crippen LogP contribution in [0, 0.1) is 0 Å². The Balaban J connectivity index is 0.996. The highest BCUT2D eigenvalue weighted by Gasteiger charge is 2.35. The van der Waals surface area contributed by atoms with Crippen molar-refractivity contribution in [1.82, 2.24) is 0 Å². The summed E-state index contributed by atoms with van der Waals surface area (Å²) in [7, 11) is 0. The molecule has 10 aromatic rings. The fraction of sp³-hybridized carbons (Fsp3) is 0.0545. The zero-order valence-corrected chi connectivity index (χ0v) is 31.9. The van der Waals surface area contributed by atoms with Crippen LogP contribution in [0.2, 0.25) is 0 Å². The molecule has 0 saturated carbocycles.